The summed E-state index contributed by atoms with van der Waals surface area (Å²) in [6.45, 7) is 1.21. The average molecular weight is 261 g/mol. The van der Waals surface area contributed by atoms with Crippen molar-refractivity contribution in [1.82, 2.24) is 4.98 Å². The maximum absolute atomic E-state index is 12.6. The first-order valence-corrected chi connectivity index (χ1v) is 5.64. The van der Waals surface area contributed by atoms with Gasteiger partial charge in [0.15, 0.2) is 0 Å². The number of pyridine rings is 1. The number of aromatic nitrogens is 1. The van der Waals surface area contributed by atoms with Crippen LogP contribution in [0, 0.1) is 0 Å². The highest BCUT2D eigenvalue weighted by molar-refractivity contribution is 5.48. The number of nitrogens with two attached hydrogens (primary N) is 1. The summed E-state index contributed by atoms with van der Waals surface area (Å²) in [6, 6.07) is 1.88. The summed E-state index contributed by atoms with van der Waals surface area (Å²) in [7, 11) is 0. The van der Waals surface area contributed by atoms with E-state index >= 15 is 0 Å². The number of halogens is 3. The second-order valence-corrected chi connectivity index (χ2v) is 4.19. The molecule has 0 atom stereocenters. The highest BCUT2D eigenvalue weighted by Gasteiger charge is 2.31. The van der Waals surface area contributed by atoms with Crippen molar-refractivity contribution in [3.05, 3.63) is 17.7 Å². The van der Waals surface area contributed by atoms with E-state index in [-0.39, 0.29) is 17.7 Å². The van der Waals surface area contributed by atoms with Gasteiger partial charge in [-0.05, 0) is 25.0 Å². The highest BCUT2D eigenvalue weighted by Crippen LogP contribution is 2.31. The zero-order valence-corrected chi connectivity index (χ0v) is 9.63. The number of anilines is 2. The van der Waals surface area contributed by atoms with E-state index in [2.05, 4.69) is 10.3 Å². The molecule has 1 aliphatic rings. The molecule has 0 aromatic carbocycles. The van der Waals surface area contributed by atoms with Crippen LogP contribution in [0.25, 0.3) is 0 Å². The van der Waals surface area contributed by atoms with Gasteiger partial charge in [0.25, 0.3) is 0 Å². The van der Waals surface area contributed by atoms with Gasteiger partial charge in [-0.1, -0.05) is 0 Å². The summed E-state index contributed by atoms with van der Waals surface area (Å²) >= 11 is 0. The number of nitrogens with one attached hydrogen (secondary N) is 1. The zero-order valence-electron chi connectivity index (χ0n) is 9.63. The molecule has 2 heterocycles. The molecule has 0 bridgehead atoms. The van der Waals surface area contributed by atoms with Crippen LogP contribution in [0.3, 0.4) is 0 Å². The van der Waals surface area contributed by atoms with Crippen LogP contribution in [0.5, 0.6) is 0 Å². The van der Waals surface area contributed by atoms with Gasteiger partial charge in [0, 0.05) is 19.3 Å². The van der Waals surface area contributed by atoms with Crippen LogP contribution < -0.4 is 11.1 Å². The molecule has 3 N–H and O–H groups in total. The predicted molar refractivity (Wildman–Crippen MR) is 61.1 cm³/mol. The van der Waals surface area contributed by atoms with E-state index in [0.29, 0.717) is 13.2 Å². The Bertz CT molecular complexity index is 416. The van der Waals surface area contributed by atoms with E-state index in [1.165, 1.54) is 0 Å². The van der Waals surface area contributed by atoms with E-state index in [4.69, 9.17) is 10.5 Å². The van der Waals surface area contributed by atoms with E-state index in [9.17, 15) is 13.2 Å². The molecule has 4 nitrogen and oxygen atoms in total. The van der Waals surface area contributed by atoms with Crippen molar-refractivity contribution < 1.29 is 17.9 Å². The van der Waals surface area contributed by atoms with Gasteiger partial charge in [-0.3, -0.25) is 0 Å². The van der Waals surface area contributed by atoms with Crippen molar-refractivity contribution in [3.63, 3.8) is 0 Å². The predicted octanol–water partition coefficient (Wildman–Crippen LogP) is 2.27. The number of nitrogen functional groups attached to an aromatic ring is 1. The van der Waals surface area contributed by atoms with Crippen LogP contribution in [0.4, 0.5) is 24.8 Å². The molecule has 2 rings (SSSR count). The Morgan fingerprint density at radius 2 is 1.94 bits per heavy atom. The third kappa shape index (κ3) is 3.25. The zero-order chi connectivity index (χ0) is 13.2. The van der Waals surface area contributed by atoms with E-state index in [1.807, 2.05) is 0 Å². The Kier molecular flexibility index (Phi) is 3.60. The topological polar surface area (TPSA) is 60.2 Å². The minimum atomic E-state index is -4.41. The lowest BCUT2D eigenvalue weighted by molar-refractivity contribution is -0.137. The molecule has 1 aromatic heterocycles. The third-order valence-corrected chi connectivity index (χ3v) is 2.75. The Labute approximate surface area is 102 Å². The fraction of sp³-hybridized carbons (Fsp3) is 0.545. The van der Waals surface area contributed by atoms with Crippen LogP contribution in [0.1, 0.15) is 18.4 Å². The first-order chi connectivity index (χ1) is 8.45. The van der Waals surface area contributed by atoms with Gasteiger partial charge < -0.3 is 15.8 Å². The van der Waals surface area contributed by atoms with E-state index in [1.54, 1.807) is 0 Å². The van der Waals surface area contributed by atoms with Crippen molar-refractivity contribution in [1.29, 1.82) is 0 Å². The molecule has 1 aliphatic heterocycles. The van der Waals surface area contributed by atoms with Gasteiger partial charge in [-0.15, -0.1) is 0 Å². The summed E-state index contributed by atoms with van der Waals surface area (Å²) in [6.07, 6.45) is -2.92. The highest BCUT2D eigenvalue weighted by atomic mass is 19.4. The SMILES string of the molecule is Nc1cc(C(F)(F)F)cc(NC2CCOCC2)n1. The molecule has 0 spiro atoms. The molecule has 0 saturated carbocycles. The third-order valence-electron chi connectivity index (χ3n) is 2.75. The quantitative estimate of drug-likeness (QED) is 0.857. The summed E-state index contributed by atoms with van der Waals surface area (Å²) in [4.78, 5) is 3.87. The molecular formula is C11H14F3N3O. The molecule has 0 amide bonds. The maximum Gasteiger partial charge on any atom is 0.416 e. The Balaban J connectivity index is 2.14. The molecular weight excluding hydrogens is 247 g/mol. The van der Waals surface area contributed by atoms with Gasteiger partial charge in [-0.25, -0.2) is 4.98 Å². The lowest BCUT2D eigenvalue weighted by atomic mass is 10.1. The Morgan fingerprint density at radius 1 is 1.28 bits per heavy atom. The fourth-order valence-corrected chi connectivity index (χ4v) is 1.84. The molecule has 1 saturated heterocycles. The van der Waals surface area contributed by atoms with Crippen molar-refractivity contribution in [2.24, 2.45) is 0 Å². The smallest absolute Gasteiger partial charge is 0.384 e. The summed E-state index contributed by atoms with van der Waals surface area (Å²) in [5.41, 5.74) is 4.60. The Morgan fingerprint density at radius 3 is 2.56 bits per heavy atom. The largest absolute Gasteiger partial charge is 0.416 e. The van der Waals surface area contributed by atoms with Crippen molar-refractivity contribution in [3.8, 4) is 0 Å². The molecule has 100 valence electrons. The number of hydrogen-bond donors (Lipinski definition) is 2. The number of nitrogens with zero attached hydrogens (tertiary/aromatic N) is 1. The number of alkyl halides is 3. The number of ether oxygens (including phenoxy) is 1. The normalized spacial score (nSPS) is 17.7. The monoisotopic (exact) mass is 261 g/mol. The molecule has 0 radical (unpaired) electrons. The summed E-state index contributed by atoms with van der Waals surface area (Å²) in [5.74, 6) is 0.0219. The number of hydrogen-bond acceptors (Lipinski definition) is 4. The van der Waals surface area contributed by atoms with Gasteiger partial charge in [0.05, 0.1) is 5.56 Å². The van der Waals surface area contributed by atoms with Gasteiger partial charge >= 0.3 is 6.18 Å². The average Bonchev–Trinajstić information content (AvgIpc) is 2.28. The minimum Gasteiger partial charge on any atom is -0.384 e. The van der Waals surface area contributed by atoms with Crippen molar-refractivity contribution >= 4 is 11.6 Å². The van der Waals surface area contributed by atoms with Crippen LogP contribution >= 0.6 is 0 Å². The van der Waals surface area contributed by atoms with E-state index < -0.39 is 11.7 Å². The number of rotatable bonds is 2. The standard InChI is InChI=1S/C11H14F3N3O/c12-11(13,14)7-5-9(15)17-10(6-7)16-8-1-3-18-4-2-8/h5-6,8H,1-4H2,(H3,15,16,17). The van der Waals surface area contributed by atoms with Crippen LogP contribution in [0.2, 0.25) is 0 Å². The lowest BCUT2D eigenvalue weighted by Gasteiger charge is -2.24. The molecule has 1 aromatic rings. The second kappa shape index (κ2) is 5.01. The van der Waals surface area contributed by atoms with Gasteiger partial charge in [-0.2, -0.15) is 13.2 Å². The van der Waals surface area contributed by atoms with Crippen LogP contribution in [0.15, 0.2) is 12.1 Å². The molecule has 0 unspecified atom stereocenters. The molecule has 18 heavy (non-hydrogen) atoms. The molecule has 7 heteroatoms. The first-order valence-electron chi connectivity index (χ1n) is 5.64. The maximum atomic E-state index is 12.6. The summed E-state index contributed by atoms with van der Waals surface area (Å²) in [5, 5.41) is 2.96. The second-order valence-electron chi connectivity index (χ2n) is 4.19. The fourth-order valence-electron chi connectivity index (χ4n) is 1.84. The van der Waals surface area contributed by atoms with Crippen molar-refractivity contribution in [2.75, 3.05) is 24.3 Å². The van der Waals surface area contributed by atoms with Gasteiger partial charge in [0.1, 0.15) is 11.6 Å². The first kappa shape index (κ1) is 12.9. The van der Waals surface area contributed by atoms with Crippen LogP contribution in [-0.2, 0) is 10.9 Å². The molecule has 0 aliphatic carbocycles. The van der Waals surface area contributed by atoms with Crippen molar-refractivity contribution in [2.45, 2.75) is 25.1 Å². The van der Waals surface area contributed by atoms with Gasteiger partial charge in [0.2, 0.25) is 0 Å². The van der Waals surface area contributed by atoms with E-state index in [0.717, 1.165) is 25.0 Å². The molecule has 1 fully saturated rings. The Hall–Kier alpha value is -1.50. The van der Waals surface area contributed by atoms with Crippen LogP contribution in [-0.4, -0.2) is 24.2 Å². The minimum absolute atomic E-state index is 0.0779. The summed E-state index contributed by atoms with van der Waals surface area (Å²) < 4.78 is 43.0. The lowest BCUT2D eigenvalue weighted by Crippen LogP contribution is -2.28.